The van der Waals surface area contributed by atoms with Crippen molar-refractivity contribution in [1.29, 1.82) is 0 Å². The molecule has 1 aliphatic heterocycles. The minimum absolute atomic E-state index is 0.696. The van der Waals surface area contributed by atoms with Crippen molar-refractivity contribution in [1.82, 2.24) is 24.7 Å². The van der Waals surface area contributed by atoms with Crippen LogP contribution >= 0.6 is 22.7 Å². The number of thiazole rings is 1. The highest BCUT2D eigenvalue weighted by molar-refractivity contribution is 7.28. The van der Waals surface area contributed by atoms with Gasteiger partial charge in [0.2, 0.25) is 0 Å². The third-order valence-electron chi connectivity index (χ3n) is 4.79. The Morgan fingerprint density at radius 1 is 1.08 bits per heavy atom. The molecule has 1 fully saturated rings. The molecule has 4 aromatic rings. The van der Waals surface area contributed by atoms with Crippen LogP contribution in [-0.2, 0) is 0 Å². The van der Waals surface area contributed by atoms with Crippen molar-refractivity contribution in [2.75, 3.05) is 13.1 Å². The van der Waals surface area contributed by atoms with Gasteiger partial charge in [0.15, 0.2) is 5.65 Å². The molecule has 0 aliphatic carbocycles. The summed E-state index contributed by atoms with van der Waals surface area (Å²) in [6, 6.07) is 2.35. The molecule has 1 saturated heterocycles. The molecule has 7 heteroatoms. The molecule has 4 aromatic heterocycles. The van der Waals surface area contributed by atoms with Gasteiger partial charge < -0.3 is 9.72 Å². The first kappa shape index (κ1) is 15.4. The Labute approximate surface area is 153 Å². The van der Waals surface area contributed by atoms with E-state index >= 15 is 0 Å². The fraction of sp³-hybridized carbons (Fsp3) is 0.389. The van der Waals surface area contributed by atoms with Gasteiger partial charge in [0.1, 0.15) is 15.5 Å². The number of piperidine rings is 1. The van der Waals surface area contributed by atoms with Crippen molar-refractivity contribution in [2.24, 2.45) is 0 Å². The third kappa shape index (κ3) is 2.67. The maximum Gasteiger partial charge on any atom is 0.158 e. The molecule has 0 radical (unpaired) electrons. The Hall–Kier alpha value is -1.83. The molecule has 5 nitrogen and oxygen atoms in total. The van der Waals surface area contributed by atoms with Gasteiger partial charge >= 0.3 is 0 Å². The van der Waals surface area contributed by atoms with Crippen molar-refractivity contribution in [3.05, 3.63) is 34.7 Å². The molecule has 25 heavy (non-hydrogen) atoms. The Morgan fingerprint density at radius 2 is 1.92 bits per heavy atom. The number of aryl methyl sites for hydroxylation is 2. The Kier molecular flexibility index (Phi) is 3.62. The monoisotopic (exact) mass is 369 g/mol. The second-order valence-corrected chi connectivity index (χ2v) is 8.78. The molecule has 0 spiro atoms. The molecule has 5 heterocycles. The smallest absolute Gasteiger partial charge is 0.158 e. The first-order valence-electron chi connectivity index (χ1n) is 8.62. The third-order valence-corrected chi connectivity index (χ3v) is 7.14. The van der Waals surface area contributed by atoms with E-state index in [1.165, 1.54) is 22.4 Å². The van der Waals surface area contributed by atoms with Gasteiger partial charge in [0.05, 0.1) is 16.1 Å². The summed E-state index contributed by atoms with van der Waals surface area (Å²) >= 11 is 3.60. The van der Waals surface area contributed by atoms with Crippen LogP contribution in [0.1, 0.15) is 35.0 Å². The van der Waals surface area contributed by atoms with Gasteiger partial charge in [0, 0.05) is 17.3 Å². The van der Waals surface area contributed by atoms with Crippen LogP contribution in [-0.4, -0.2) is 32.4 Å². The van der Waals surface area contributed by atoms with Crippen molar-refractivity contribution in [3.63, 3.8) is 0 Å². The highest BCUT2D eigenvalue weighted by Crippen LogP contribution is 2.39. The normalized spacial score (nSPS) is 16.2. The minimum Gasteiger partial charge on any atom is -0.317 e. The fourth-order valence-electron chi connectivity index (χ4n) is 3.55. The van der Waals surface area contributed by atoms with Crippen LogP contribution in [0.4, 0.5) is 0 Å². The van der Waals surface area contributed by atoms with Gasteiger partial charge in [-0.05, 0) is 51.8 Å². The highest BCUT2D eigenvalue weighted by Gasteiger charge is 2.20. The molecule has 0 saturated carbocycles. The summed E-state index contributed by atoms with van der Waals surface area (Å²) in [4.78, 5) is 16.8. The first-order chi connectivity index (χ1) is 12.2. The topological polar surface area (TPSA) is 55.1 Å². The number of imidazole rings is 1. The quantitative estimate of drug-likeness (QED) is 0.577. The summed E-state index contributed by atoms with van der Waals surface area (Å²) in [6.07, 6.45) is 6.55. The van der Waals surface area contributed by atoms with Crippen molar-refractivity contribution in [2.45, 2.75) is 32.6 Å². The lowest BCUT2D eigenvalue weighted by atomic mass is 9.97. The predicted octanol–water partition coefficient (Wildman–Crippen LogP) is 4.15. The van der Waals surface area contributed by atoms with Crippen LogP contribution in [0.15, 0.2) is 18.5 Å². The molecule has 128 valence electrons. The Balaban J connectivity index is 1.53. The number of fused-ring (bicyclic) bond motifs is 2. The number of nitrogens with one attached hydrogen (secondary N) is 1. The molecule has 1 aliphatic rings. The van der Waals surface area contributed by atoms with Gasteiger partial charge in [-0.1, -0.05) is 0 Å². The Morgan fingerprint density at radius 3 is 2.72 bits per heavy atom. The second-order valence-electron chi connectivity index (χ2n) is 6.69. The zero-order chi connectivity index (χ0) is 17.0. The molecular weight excluding hydrogens is 350 g/mol. The van der Waals surface area contributed by atoms with Crippen LogP contribution in [0.3, 0.4) is 0 Å². The lowest BCUT2D eigenvalue weighted by molar-refractivity contribution is 0.465. The average Bonchev–Trinajstić information content (AvgIpc) is 3.27. The van der Waals surface area contributed by atoms with E-state index in [-0.39, 0.29) is 0 Å². The number of aromatic nitrogens is 4. The van der Waals surface area contributed by atoms with E-state index in [2.05, 4.69) is 20.8 Å². The summed E-state index contributed by atoms with van der Waals surface area (Å²) in [5.74, 6) is 0.696. The van der Waals surface area contributed by atoms with Crippen LogP contribution < -0.4 is 5.32 Å². The standard InChI is InChI=1S/C18H19N5S2/c1-10-8-23-9-13(21-11(2)16(23)20-10)17-22-18-15(25-17)7-14(24-18)12-3-5-19-6-4-12/h7-9,12,19H,3-6H2,1-2H3. The predicted molar refractivity (Wildman–Crippen MR) is 104 cm³/mol. The number of hydrogen-bond acceptors (Lipinski definition) is 6. The van der Waals surface area contributed by atoms with E-state index < -0.39 is 0 Å². The molecular formula is C18H19N5S2. The molecule has 0 atom stereocenters. The molecule has 0 unspecified atom stereocenters. The molecule has 5 rings (SSSR count). The van der Waals surface area contributed by atoms with Crippen LogP contribution in [0.5, 0.6) is 0 Å². The highest BCUT2D eigenvalue weighted by atomic mass is 32.1. The van der Waals surface area contributed by atoms with E-state index in [9.17, 15) is 0 Å². The van der Waals surface area contributed by atoms with Crippen molar-refractivity contribution < 1.29 is 0 Å². The van der Waals surface area contributed by atoms with Crippen molar-refractivity contribution in [3.8, 4) is 10.7 Å². The summed E-state index contributed by atoms with van der Waals surface area (Å²) < 4.78 is 3.35. The second kappa shape index (κ2) is 5.86. The summed E-state index contributed by atoms with van der Waals surface area (Å²) in [5.41, 5.74) is 3.81. The first-order valence-corrected chi connectivity index (χ1v) is 10.2. The molecule has 1 N–H and O–H groups in total. The van der Waals surface area contributed by atoms with Crippen molar-refractivity contribution >= 4 is 37.9 Å². The zero-order valence-electron chi connectivity index (χ0n) is 14.2. The number of hydrogen-bond donors (Lipinski definition) is 1. The average molecular weight is 370 g/mol. The van der Waals surface area contributed by atoms with Gasteiger partial charge in [-0.15, -0.1) is 22.7 Å². The van der Waals surface area contributed by atoms with E-state index in [0.29, 0.717) is 5.92 Å². The minimum atomic E-state index is 0.696. The maximum atomic E-state index is 4.88. The lowest BCUT2D eigenvalue weighted by Gasteiger charge is -2.21. The summed E-state index contributed by atoms with van der Waals surface area (Å²) in [5, 5.41) is 4.44. The summed E-state index contributed by atoms with van der Waals surface area (Å²) in [6.45, 7) is 6.27. The summed E-state index contributed by atoms with van der Waals surface area (Å²) in [7, 11) is 0. The Bertz CT molecular complexity index is 1040. The van der Waals surface area contributed by atoms with Crippen LogP contribution in [0, 0.1) is 13.8 Å². The van der Waals surface area contributed by atoms with E-state index in [1.54, 1.807) is 11.3 Å². The largest absolute Gasteiger partial charge is 0.317 e. The molecule has 0 aromatic carbocycles. The maximum absolute atomic E-state index is 4.88. The van der Waals surface area contributed by atoms with Gasteiger partial charge in [0.25, 0.3) is 0 Å². The van der Waals surface area contributed by atoms with E-state index in [1.807, 2.05) is 37.6 Å². The van der Waals surface area contributed by atoms with Gasteiger partial charge in [-0.3, -0.25) is 0 Å². The van der Waals surface area contributed by atoms with E-state index in [0.717, 1.165) is 45.7 Å². The van der Waals surface area contributed by atoms with Gasteiger partial charge in [-0.25, -0.2) is 15.0 Å². The van der Waals surface area contributed by atoms with E-state index in [4.69, 9.17) is 9.97 Å². The number of thiophene rings is 1. The lowest BCUT2D eigenvalue weighted by Crippen LogP contribution is -2.26. The molecule has 0 bridgehead atoms. The fourth-order valence-corrected chi connectivity index (χ4v) is 5.89. The van der Waals surface area contributed by atoms with Crippen LogP contribution in [0.25, 0.3) is 25.9 Å². The van der Waals surface area contributed by atoms with Gasteiger partial charge in [-0.2, -0.15) is 0 Å². The van der Waals surface area contributed by atoms with Crippen LogP contribution in [0.2, 0.25) is 0 Å². The SMILES string of the molecule is Cc1cn2cc(-c3nc4sc(C5CCNCC5)cc4s3)nc(C)c2n1. The number of rotatable bonds is 2. The molecule has 0 amide bonds. The number of nitrogens with zero attached hydrogens (tertiary/aromatic N) is 4. The zero-order valence-corrected chi connectivity index (χ0v) is 15.9.